The summed E-state index contributed by atoms with van der Waals surface area (Å²) >= 11 is 6.20. The lowest BCUT2D eigenvalue weighted by molar-refractivity contribution is 0.645. The molecule has 0 radical (unpaired) electrons. The van der Waals surface area contributed by atoms with Gasteiger partial charge in [0.15, 0.2) is 5.96 Å². The highest BCUT2D eigenvalue weighted by Gasteiger charge is 2.19. The zero-order valence-electron chi connectivity index (χ0n) is 13.9. The number of halogens is 1. The van der Waals surface area contributed by atoms with Crippen molar-refractivity contribution in [1.82, 2.24) is 10.6 Å². The van der Waals surface area contributed by atoms with E-state index in [1.54, 1.807) is 7.05 Å². The van der Waals surface area contributed by atoms with Crippen LogP contribution in [0.4, 0.5) is 0 Å². The van der Waals surface area contributed by atoms with Crippen molar-refractivity contribution in [2.45, 2.75) is 38.5 Å². The lowest BCUT2D eigenvalue weighted by atomic mass is 10.1. The standard InChI is InChI=1S/C16H26ClN3OS/c1-12(13-8-6-7-9-14(13)17)20-15(18-5)19-10-11-22(21)16(2,3)4/h6-9,12H,10-11H2,1-5H3,(H2,18,19,20). The summed E-state index contributed by atoms with van der Waals surface area (Å²) in [5.74, 6) is 1.27. The van der Waals surface area contributed by atoms with Gasteiger partial charge in [-0.2, -0.15) is 0 Å². The zero-order valence-corrected chi connectivity index (χ0v) is 15.5. The van der Waals surface area contributed by atoms with Crippen LogP contribution in [0, 0.1) is 0 Å². The number of nitrogens with one attached hydrogen (secondary N) is 2. The Kier molecular flexibility index (Phi) is 7.36. The van der Waals surface area contributed by atoms with E-state index in [1.165, 1.54) is 0 Å². The highest BCUT2D eigenvalue weighted by atomic mass is 35.5. The molecule has 2 unspecified atom stereocenters. The van der Waals surface area contributed by atoms with Crippen molar-refractivity contribution in [2.75, 3.05) is 19.3 Å². The minimum atomic E-state index is -0.874. The van der Waals surface area contributed by atoms with Crippen molar-refractivity contribution in [3.05, 3.63) is 34.9 Å². The first-order valence-electron chi connectivity index (χ1n) is 7.35. The van der Waals surface area contributed by atoms with Gasteiger partial charge in [0.1, 0.15) is 0 Å². The van der Waals surface area contributed by atoms with Crippen molar-refractivity contribution in [3.8, 4) is 0 Å². The number of benzene rings is 1. The van der Waals surface area contributed by atoms with Crippen LogP contribution in [-0.4, -0.2) is 34.3 Å². The maximum absolute atomic E-state index is 12.0. The Morgan fingerprint density at radius 1 is 1.36 bits per heavy atom. The molecule has 2 N–H and O–H groups in total. The molecule has 1 rings (SSSR count). The fraction of sp³-hybridized carbons (Fsp3) is 0.562. The highest BCUT2D eigenvalue weighted by Crippen LogP contribution is 2.21. The summed E-state index contributed by atoms with van der Waals surface area (Å²) in [5.41, 5.74) is 1.02. The number of hydrogen-bond acceptors (Lipinski definition) is 2. The average Bonchev–Trinajstić information content (AvgIpc) is 2.45. The van der Waals surface area contributed by atoms with E-state index in [9.17, 15) is 4.21 Å². The monoisotopic (exact) mass is 343 g/mol. The Morgan fingerprint density at radius 2 is 2.00 bits per heavy atom. The van der Waals surface area contributed by atoms with E-state index in [2.05, 4.69) is 15.6 Å². The summed E-state index contributed by atoms with van der Waals surface area (Å²) in [6, 6.07) is 7.77. The minimum absolute atomic E-state index is 0.0352. The number of rotatable bonds is 5. The minimum Gasteiger partial charge on any atom is -0.355 e. The molecule has 0 heterocycles. The normalized spacial score (nSPS) is 15.3. The Morgan fingerprint density at radius 3 is 2.55 bits per heavy atom. The van der Waals surface area contributed by atoms with Crippen LogP contribution in [0.1, 0.15) is 39.3 Å². The first-order chi connectivity index (χ1) is 10.3. The van der Waals surface area contributed by atoms with Crippen LogP contribution >= 0.6 is 11.6 Å². The van der Waals surface area contributed by atoms with Crippen LogP contribution in [-0.2, 0) is 10.8 Å². The molecule has 1 aromatic rings. The molecular formula is C16H26ClN3OS. The van der Waals surface area contributed by atoms with E-state index in [-0.39, 0.29) is 10.8 Å². The van der Waals surface area contributed by atoms with Crippen molar-refractivity contribution in [2.24, 2.45) is 4.99 Å². The third-order valence-electron chi connectivity index (χ3n) is 3.21. The van der Waals surface area contributed by atoms with Crippen LogP contribution < -0.4 is 10.6 Å². The van der Waals surface area contributed by atoms with E-state index >= 15 is 0 Å². The quantitative estimate of drug-likeness (QED) is 0.638. The van der Waals surface area contributed by atoms with Gasteiger partial charge in [0, 0.05) is 39.9 Å². The van der Waals surface area contributed by atoms with Gasteiger partial charge >= 0.3 is 0 Å². The maximum Gasteiger partial charge on any atom is 0.191 e. The molecule has 4 nitrogen and oxygen atoms in total. The maximum atomic E-state index is 12.0. The summed E-state index contributed by atoms with van der Waals surface area (Å²) in [5, 5.41) is 7.22. The lowest BCUT2D eigenvalue weighted by Crippen LogP contribution is -2.41. The molecule has 0 aliphatic heterocycles. The predicted octanol–water partition coefficient (Wildman–Crippen LogP) is 3.11. The Hall–Kier alpha value is -1.07. The van der Waals surface area contributed by atoms with E-state index < -0.39 is 10.8 Å². The molecule has 124 valence electrons. The number of aliphatic imine (C=N–C) groups is 1. The molecule has 0 bridgehead atoms. The number of guanidine groups is 1. The lowest BCUT2D eigenvalue weighted by Gasteiger charge is -2.21. The van der Waals surface area contributed by atoms with Gasteiger partial charge in [-0.15, -0.1) is 0 Å². The largest absolute Gasteiger partial charge is 0.355 e. The first-order valence-corrected chi connectivity index (χ1v) is 9.05. The van der Waals surface area contributed by atoms with Crippen LogP contribution in [0.3, 0.4) is 0 Å². The van der Waals surface area contributed by atoms with Crippen molar-refractivity contribution in [1.29, 1.82) is 0 Å². The fourth-order valence-electron chi connectivity index (χ4n) is 1.87. The fourth-order valence-corrected chi connectivity index (χ4v) is 3.07. The SMILES string of the molecule is CN=C(NCCS(=O)C(C)(C)C)NC(C)c1ccccc1Cl. The van der Waals surface area contributed by atoms with Gasteiger partial charge in [-0.1, -0.05) is 29.8 Å². The van der Waals surface area contributed by atoms with Crippen molar-refractivity contribution >= 4 is 28.4 Å². The average molecular weight is 344 g/mol. The van der Waals surface area contributed by atoms with Gasteiger partial charge in [-0.05, 0) is 39.3 Å². The van der Waals surface area contributed by atoms with Gasteiger partial charge in [0.05, 0.1) is 6.04 Å². The molecule has 0 aliphatic rings. The van der Waals surface area contributed by atoms with Crippen LogP contribution in [0.5, 0.6) is 0 Å². The molecule has 0 saturated carbocycles. The van der Waals surface area contributed by atoms with Crippen LogP contribution in [0.15, 0.2) is 29.3 Å². The first kappa shape index (κ1) is 19.0. The predicted molar refractivity (Wildman–Crippen MR) is 97.1 cm³/mol. The van der Waals surface area contributed by atoms with Crippen LogP contribution in [0.2, 0.25) is 5.02 Å². The molecule has 6 heteroatoms. The molecule has 0 spiro atoms. The highest BCUT2D eigenvalue weighted by molar-refractivity contribution is 7.86. The van der Waals surface area contributed by atoms with Gasteiger partial charge in [0.25, 0.3) is 0 Å². The van der Waals surface area contributed by atoms with Crippen molar-refractivity contribution < 1.29 is 4.21 Å². The molecule has 0 amide bonds. The van der Waals surface area contributed by atoms with Gasteiger partial charge in [-0.3, -0.25) is 9.20 Å². The van der Waals surface area contributed by atoms with Crippen LogP contribution in [0.25, 0.3) is 0 Å². The second kappa shape index (κ2) is 8.53. The molecule has 0 saturated heterocycles. The van der Waals surface area contributed by atoms with Gasteiger partial charge < -0.3 is 10.6 Å². The Bertz CT molecular complexity index is 540. The smallest absolute Gasteiger partial charge is 0.191 e. The summed E-state index contributed by atoms with van der Waals surface area (Å²) in [6.07, 6.45) is 0. The molecule has 0 aromatic heterocycles. The summed E-state index contributed by atoms with van der Waals surface area (Å²) in [7, 11) is 0.843. The molecule has 22 heavy (non-hydrogen) atoms. The summed E-state index contributed by atoms with van der Waals surface area (Å²) in [6.45, 7) is 8.58. The number of hydrogen-bond donors (Lipinski definition) is 2. The Balaban J connectivity index is 2.53. The summed E-state index contributed by atoms with van der Waals surface area (Å²) < 4.78 is 11.8. The topological polar surface area (TPSA) is 53.5 Å². The van der Waals surface area contributed by atoms with Crippen molar-refractivity contribution in [3.63, 3.8) is 0 Å². The van der Waals surface area contributed by atoms with E-state index in [1.807, 2.05) is 52.0 Å². The summed E-state index contributed by atoms with van der Waals surface area (Å²) in [4.78, 5) is 4.19. The van der Waals surface area contributed by atoms with E-state index in [0.717, 1.165) is 10.6 Å². The second-order valence-corrected chi connectivity index (χ2v) is 8.78. The molecule has 0 fully saturated rings. The molecule has 1 aromatic carbocycles. The molecule has 0 aliphatic carbocycles. The third kappa shape index (κ3) is 5.97. The third-order valence-corrected chi connectivity index (χ3v) is 5.50. The Labute approximate surface area is 141 Å². The van der Waals surface area contributed by atoms with Gasteiger partial charge in [0.2, 0.25) is 0 Å². The number of nitrogens with zero attached hydrogens (tertiary/aromatic N) is 1. The van der Waals surface area contributed by atoms with E-state index in [0.29, 0.717) is 18.3 Å². The molecule has 2 atom stereocenters. The zero-order chi connectivity index (χ0) is 16.8. The van der Waals surface area contributed by atoms with E-state index in [4.69, 9.17) is 11.6 Å². The molecular weight excluding hydrogens is 318 g/mol. The van der Waals surface area contributed by atoms with Gasteiger partial charge in [-0.25, -0.2) is 0 Å². The second-order valence-electron chi connectivity index (χ2n) is 6.05.